The highest BCUT2D eigenvalue weighted by molar-refractivity contribution is 7.89. The second-order valence-electron chi connectivity index (χ2n) is 7.91. The summed E-state index contributed by atoms with van der Waals surface area (Å²) in [7, 11) is -3.34. The Balaban J connectivity index is 1.21. The van der Waals surface area contributed by atoms with Crippen LogP contribution in [0.25, 0.3) is 10.8 Å². The van der Waals surface area contributed by atoms with Crippen molar-refractivity contribution >= 4 is 32.5 Å². The number of nitrogens with zero attached hydrogens (tertiary/aromatic N) is 3. The number of piperazine rings is 1. The van der Waals surface area contributed by atoms with Gasteiger partial charge in [0, 0.05) is 38.9 Å². The van der Waals surface area contributed by atoms with E-state index >= 15 is 0 Å². The number of benzene rings is 2. The molecule has 168 valence electrons. The highest BCUT2D eigenvalue weighted by Crippen LogP contribution is 2.19. The highest BCUT2D eigenvalue weighted by Gasteiger charge is 2.26. The largest absolute Gasteiger partial charge is 0.356 e. The second-order valence-corrected chi connectivity index (χ2v) is 10.00. The lowest BCUT2D eigenvalue weighted by Gasteiger charge is -2.34. The van der Waals surface area contributed by atoms with Gasteiger partial charge in [-0.15, -0.1) is 0 Å². The van der Waals surface area contributed by atoms with E-state index in [0.29, 0.717) is 39.1 Å². The van der Waals surface area contributed by atoms with Crippen LogP contribution < -0.4 is 10.2 Å². The molecule has 8 heteroatoms. The van der Waals surface area contributed by atoms with Gasteiger partial charge in [0.1, 0.15) is 5.82 Å². The molecule has 0 aliphatic carbocycles. The predicted octanol–water partition coefficient (Wildman–Crippen LogP) is 2.44. The van der Waals surface area contributed by atoms with Gasteiger partial charge in [-0.2, -0.15) is 4.31 Å². The second kappa shape index (κ2) is 10.1. The molecular formula is C24H28N4O3S. The molecule has 1 saturated heterocycles. The Bertz CT molecular complexity index is 1150. The third kappa shape index (κ3) is 5.44. The molecule has 7 nitrogen and oxygen atoms in total. The molecule has 1 aliphatic rings. The number of amides is 1. The molecule has 1 N–H and O–H groups in total. The van der Waals surface area contributed by atoms with Crippen molar-refractivity contribution in [2.45, 2.75) is 12.8 Å². The Morgan fingerprint density at radius 2 is 1.69 bits per heavy atom. The number of aromatic nitrogens is 1. The molecule has 2 heterocycles. The quantitative estimate of drug-likeness (QED) is 0.531. The maximum Gasteiger partial charge on any atom is 0.224 e. The maximum atomic E-state index is 12.7. The average molecular weight is 453 g/mol. The van der Waals surface area contributed by atoms with Crippen molar-refractivity contribution in [1.29, 1.82) is 0 Å². The first-order valence-electron chi connectivity index (χ1n) is 10.9. The summed E-state index contributed by atoms with van der Waals surface area (Å²) < 4.78 is 26.9. The number of hydrogen-bond acceptors (Lipinski definition) is 5. The van der Waals surface area contributed by atoms with Crippen molar-refractivity contribution in [1.82, 2.24) is 14.6 Å². The van der Waals surface area contributed by atoms with Gasteiger partial charge in [-0.1, -0.05) is 48.5 Å². The lowest BCUT2D eigenvalue weighted by Crippen LogP contribution is -2.49. The Morgan fingerprint density at radius 3 is 2.47 bits per heavy atom. The molecule has 32 heavy (non-hydrogen) atoms. The number of fused-ring (bicyclic) bond motifs is 1. The van der Waals surface area contributed by atoms with Gasteiger partial charge < -0.3 is 10.2 Å². The Morgan fingerprint density at radius 1 is 0.938 bits per heavy atom. The summed E-state index contributed by atoms with van der Waals surface area (Å²) in [6.45, 7) is 2.49. The molecule has 0 saturated carbocycles. The molecule has 1 amide bonds. The van der Waals surface area contributed by atoms with Crippen LogP contribution >= 0.6 is 0 Å². The molecule has 3 aromatic rings. The van der Waals surface area contributed by atoms with E-state index < -0.39 is 10.0 Å². The van der Waals surface area contributed by atoms with Crippen LogP contribution in [0.15, 0.2) is 66.9 Å². The fourth-order valence-corrected chi connectivity index (χ4v) is 5.52. The smallest absolute Gasteiger partial charge is 0.224 e. The summed E-state index contributed by atoms with van der Waals surface area (Å²) in [5.41, 5.74) is 0.971. The maximum absolute atomic E-state index is 12.7. The number of nitrogens with one attached hydrogen (secondary N) is 1. The zero-order chi connectivity index (χ0) is 22.4. The van der Waals surface area contributed by atoms with Gasteiger partial charge in [-0.05, 0) is 34.9 Å². The molecule has 0 unspecified atom stereocenters. The molecule has 0 atom stereocenters. The molecule has 4 rings (SSSR count). The van der Waals surface area contributed by atoms with Crippen molar-refractivity contribution in [2.75, 3.05) is 43.4 Å². The molecule has 1 fully saturated rings. The van der Waals surface area contributed by atoms with E-state index in [9.17, 15) is 13.2 Å². The lowest BCUT2D eigenvalue weighted by molar-refractivity contribution is -0.120. The Labute approximate surface area is 189 Å². The molecular weight excluding hydrogens is 424 g/mol. The third-order valence-electron chi connectivity index (χ3n) is 5.74. The van der Waals surface area contributed by atoms with E-state index in [0.717, 1.165) is 22.2 Å². The number of carbonyl (C=O) groups is 1. The monoisotopic (exact) mass is 452 g/mol. The minimum absolute atomic E-state index is 0.0329. The molecule has 1 aromatic heterocycles. The van der Waals surface area contributed by atoms with Gasteiger partial charge >= 0.3 is 0 Å². The summed E-state index contributed by atoms with van der Waals surface area (Å²) in [4.78, 5) is 18.8. The third-order valence-corrected chi connectivity index (χ3v) is 7.69. The standard InChI is InChI=1S/C24H28N4O3S/c29-24(19-21-9-5-8-20-7-1-2-10-22(20)21)26-13-6-18-32(30,31)28-16-14-27(15-17-28)23-11-3-4-12-25-23/h1-5,7-12H,6,13-19H2,(H,26,29). The van der Waals surface area contributed by atoms with E-state index in [1.54, 1.807) is 10.5 Å². The highest BCUT2D eigenvalue weighted by atomic mass is 32.2. The molecule has 1 aliphatic heterocycles. The van der Waals surface area contributed by atoms with Crippen molar-refractivity contribution in [3.05, 3.63) is 72.4 Å². The number of hydrogen-bond donors (Lipinski definition) is 1. The van der Waals surface area contributed by atoms with Crippen molar-refractivity contribution < 1.29 is 13.2 Å². The van der Waals surface area contributed by atoms with Crippen LogP contribution in [0.5, 0.6) is 0 Å². The normalized spacial score (nSPS) is 15.1. The van der Waals surface area contributed by atoms with E-state index in [-0.39, 0.29) is 18.1 Å². The van der Waals surface area contributed by atoms with Gasteiger partial charge in [0.15, 0.2) is 0 Å². The van der Waals surface area contributed by atoms with E-state index in [1.165, 1.54) is 0 Å². The van der Waals surface area contributed by atoms with Crippen LogP contribution in [-0.4, -0.2) is 62.1 Å². The minimum Gasteiger partial charge on any atom is -0.356 e. The van der Waals surface area contributed by atoms with E-state index in [2.05, 4.69) is 15.2 Å². The summed E-state index contributed by atoms with van der Waals surface area (Å²) in [6, 6.07) is 19.6. The van der Waals surface area contributed by atoms with Gasteiger partial charge in [0.05, 0.1) is 12.2 Å². The summed E-state index contributed by atoms with van der Waals surface area (Å²) in [5.74, 6) is 0.812. The molecule has 0 bridgehead atoms. The number of rotatable bonds is 8. The lowest BCUT2D eigenvalue weighted by atomic mass is 10.0. The van der Waals surface area contributed by atoms with Crippen molar-refractivity contribution in [3.63, 3.8) is 0 Å². The fourth-order valence-electron chi connectivity index (χ4n) is 4.03. The first-order chi connectivity index (χ1) is 15.5. The molecule has 0 spiro atoms. The minimum atomic E-state index is -3.34. The number of anilines is 1. The van der Waals surface area contributed by atoms with Crippen LogP contribution in [0, 0.1) is 0 Å². The van der Waals surface area contributed by atoms with Gasteiger partial charge in [-0.25, -0.2) is 13.4 Å². The van der Waals surface area contributed by atoms with E-state index in [1.807, 2.05) is 60.7 Å². The topological polar surface area (TPSA) is 82.6 Å². The molecule has 0 radical (unpaired) electrons. The first kappa shape index (κ1) is 22.2. The summed E-state index contributed by atoms with van der Waals surface area (Å²) in [5, 5.41) is 5.03. The summed E-state index contributed by atoms with van der Waals surface area (Å²) >= 11 is 0. The van der Waals surface area contributed by atoms with E-state index in [4.69, 9.17) is 0 Å². The van der Waals surface area contributed by atoms with Crippen LogP contribution in [0.3, 0.4) is 0 Å². The van der Waals surface area contributed by atoms with Crippen molar-refractivity contribution in [2.24, 2.45) is 0 Å². The Hall–Kier alpha value is -2.97. The zero-order valence-corrected chi connectivity index (χ0v) is 18.8. The number of carbonyl (C=O) groups excluding carboxylic acids is 1. The SMILES string of the molecule is O=C(Cc1cccc2ccccc12)NCCCS(=O)(=O)N1CCN(c2ccccn2)CC1. The van der Waals surface area contributed by atoms with Crippen LogP contribution in [0.1, 0.15) is 12.0 Å². The van der Waals surface area contributed by atoms with Gasteiger partial charge in [0.2, 0.25) is 15.9 Å². The first-order valence-corrected chi connectivity index (χ1v) is 12.5. The fraction of sp³-hybridized carbons (Fsp3) is 0.333. The van der Waals surface area contributed by atoms with Crippen LogP contribution in [0.4, 0.5) is 5.82 Å². The van der Waals surface area contributed by atoms with Crippen molar-refractivity contribution in [3.8, 4) is 0 Å². The van der Waals surface area contributed by atoms with Crippen LogP contribution in [-0.2, 0) is 21.2 Å². The van der Waals surface area contributed by atoms with Crippen LogP contribution in [0.2, 0.25) is 0 Å². The zero-order valence-electron chi connectivity index (χ0n) is 18.0. The predicted molar refractivity (Wildman–Crippen MR) is 127 cm³/mol. The number of pyridine rings is 1. The summed E-state index contributed by atoms with van der Waals surface area (Å²) in [6.07, 6.45) is 2.42. The Kier molecular flexibility index (Phi) is 7.02. The average Bonchev–Trinajstić information content (AvgIpc) is 2.83. The number of sulfonamides is 1. The van der Waals surface area contributed by atoms with Gasteiger partial charge in [-0.3, -0.25) is 4.79 Å². The molecule has 2 aromatic carbocycles. The van der Waals surface area contributed by atoms with Gasteiger partial charge in [0.25, 0.3) is 0 Å².